The van der Waals surface area contributed by atoms with Crippen LogP contribution in [0, 0.1) is 11.6 Å². The first-order valence-electron chi connectivity index (χ1n) is 14.0. The predicted octanol–water partition coefficient (Wildman–Crippen LogP) is 6.14. The highest BCUT2D eigenvalue weighted by Gasteiger charge is 2.20. The number of hydrogen-bond donors (Lipinski definition) is 1. The second kappa shape index (κ2) is 12.5. The van der Waals surface area contributed by atoms with Crippen LogP contribution < -0.4 is 4.74 Å². The van der Waals surface area contributed by atoms with Crippen LogP contribution in [-0.2, 0) is 31.4 Å². The topological polar surface area (TPSA) is 117 Å². The highest BCUT2D eigenvalue weighted by Crippen LogP contribution is 2.29. The van der Waals surface area contributed by atoms with Gasteiger partial charge in [0.1, 0.15) is 29.1 Å². The maximum absolute atomic E-state index is 15.5. The molecule has 0 aliphatic heterocycles. The zero-order valence-electron chi connectivity index (χ0n) is 24.6. The van der Waals surface area contributed by atoms with E-state index in [1.165, 1.54) is 23.5 Å². The van der Waals surface area contributed by atoms with Gasteiger partial charge in [0.15, 0.2) is 0 Å². The van der Waals surface area contributed by atoms with Crippen molar-refractivity contribution in [3.05, 3.63) is 101 Å². The minimum atomic E-state index is -1.07. The normalized spacial score (nSPS) is 12.1. The summed E-state index contributed by atoms with van der Waals surface area (Å²) in [5.41, 5.74) is 2.46. The number of methoxy groups -OCH3 is 1. The Morgan fingerprint density at radius 3 is 2.69 bits per heavy atom. The summed E-state index contributed by atoms with van der Waals surface area (Å²) in [6, 6.07) is 11.7. The highest BCUT2D eigenvalue weighted by atomic mass is 32.1. The number of aryl methyl sites for hydroxylation is 1. The number of hydrogen-bond acceptors (Lipinski definition) is 8. The van der Waals surface area contributed by atoms with Crippen LogP contribution in [0.3, 0.4) is 0 Å². The van der Waals surface area contributed by atoms with Crippen molar-refractivity contribution in [2.24, 2.45) is 7.05 Å². The van der Waals surface area contributed by atoms with Crippen LogP contribution in [0.4, 0.5) is 8.78 Å². The number of carbonyl (C=O) groups is 1. The van der Waals surface area contributed by atoms with Gasteiger partial charge in [-0.25, -0.2) is 28.5 Å². The monoisotopic (exact) mass is 630 g/mol. The van der Waals surface area contributed by atoms with E-state index in [9.17, 15) is 9.90 Å². The Balaban J connectivity index is 1.23. The van der Waals surface area contributed by atoms with Crippen LogP contribution in [0.15, 0.2) is 67.1 Å². The first kappa shape index (κ1) is 30.0. The highest BCUT2D eigenvalue weighted by molar-refractivity contribution is 7.15. The van der Waals surface area contributed by atoms with Crippen molar-refractivity contribution in [3.8, 4) is 27.6 Å². The quantitative estimate of drug-likeness (QED) is 0.182. The van der Waals surface area contributed by atoms with Crippen molar-refractivity contribution in [2.45, 2.75) is 32.6 Å². The molecular formula is C32H28F2N6O4S. The van der Waals surface area contributed by atoms with Crippen LogP contribution in [0.2, 0.25) is 0 Å². The van der Waals surface area contributed by atoms with Gasteiger partial charge in [-0.3, -0.25) is 4.68 Å². The van der Waals surface area contributed by atoms with E-state index in [2.05, 4.69) is 20.1 Å². The molecule has 6 rings (SSSR count). The number of carboxylic acids is 1. The Morgan fingerprint density at radius 1 is 1.09 bits per heavy atom. The Morgan fingerprint density at radius 2 is 1.93 bits per heavy atom. The van der Waals surface area contributed by atoms with E-state index in [-0.39, 0.29) is 47.4 Å². The smallest absolute Gasteiger partial charge is 0.335 e. The summed E-state index contributed by atoms with van der Waals surface area (Å²) in [5.74, 6) is -1.66. The molecule has 0 spiro atoms. The van der Waals surface area contributed by atoms with Crippen molar-refractivity contribution in [1.29, 1.82) is 0 Å². The number of carboxylic acid groups (broad SMARTS) is 1. The molecule has 45 heavy (non-hydrogen) atoms. The van der Waals surface area contributed by atoms with Gasteiger partial charge in [-0.15, -0.1) is 11.3 Å². The number of aromatic carboxylic acids is 1. The molecule has 0 saturated heterocycles. The summed E-state index contributed by atoms with van der Waals surface area (Å²) in [7, 11) is 3.41. The van der Waals surface area contributed by atoms with Gasteiger partial charge in [0.25, 0.3) is 0 Å². The molecule has 0 radical (unpaired) electrons. The van der Waals surface area contributed by atoms with Gasteiger partial charge in [-0.05, 0) is 48.9 Å². The average Bonchev–Trinajstić information content (AvgIpc) is 3.76. The second-order valence-electron chi connectivity index (χ2n) is 10.5. The number of pyridine rings is 1. The zero-order valence-corrected chi connectivity index (χ0v) is 25.4. The lowest BCUT2D eigenvalue weighted by molar-refractivity contribution is 0.0697. The number of imidazole rings is 1. The van der Waals surface area contributed by atoms with Gasteiger partial charge >= 0.3 is 5.97 Å². The molecule has 0 amide bonds. The summed E-state index contributed by atoms with van der Waals surface area (Å²) in [6.07, 6.45) is 5.15. The van der Waals surface area contributed by atoms with Crippen molar-refractivity contribution >= 4 is 28.3 Å². The Labute approximate surface area is 260 Å². The molecule has 1 atom stereocenters. The third-order valence-corrected chi connectivity index (χ3v) is 8.31. The molecule has 0 fully saturated rings. The lowest BCUT2D eigenvalue weighted by Gasteiger charge is -2.15. The van der Waals surface area contributed by atoms with E-state index in [1.807, 2.05) is 20.2 Å². The number of benzene rings is 2. The molecule has 0 bridgehead atoms. The molecule has 2 aromatic carbocycles. The molecule has 10 nitrogen and oxygen atoms in total. The van der Waals surface area contributed by atoms with Crippen LogP contribution in [0.25, 0.3) is 32.7 Å². The molecule has 230 valence electrons. The maximum Gasteiger partial charge on any atom is 0.335 e. The van der Waals surface area contributed by atoms with Crippen molar-refractivity contribution in [1.82, 2.24) is 29.3 Å². The molecule has 1 N–H and O–H groups in total. The molecule has 0 aliphatic carbocycles. The fourth-order valence-corrected chi connectivity index (χ4v) is 5.71. The summed E-state index contributed by atoms with van der Waals surface area (Å²) in [4.78, 5) is 25.9. The molecule has 4 aromatic heterocycles. The zero-order chi connectivity index (χ0) is 31.7. The van der Waals surface area contributed by atoms with Crippen LogP contribution >= 0.6 is 11.3 Å². The number of aromatic nitrogens is 6. The Kier molecular flexibility index (Phi) is 8.37. The van der Waals surface area contributed by atoms with Gasteiger partial charge in [0, 0.05) is 50.2 Å². The fraction of sp³-hybridized carbons (Fsp3) is 0.219. The maximum atomic E-state index is 15.5. The Hall–Kier alpha value is -5.01. The largest absolute Gasteiger partial charge is 0.478 e. The van der Waals surface area contributed by atoms with E-state index < -0.39 is 17.6 Å². The van der Waals surface area contributed by atoms with E-state index in [0.29, 0.717) is 23.4 Å². The van der Waals surface area contributed by atoms with Gasteiger partial charge in [0.2, 0.25) is 5.88 Å². The fourth-order valence-electron chi connectivity index (χ4n) is 4.91. The van der Waals surface area contributed by atoms with Gasteiger partial charge in [-0.2, -0.15) is 5.10 Å². The van der Waals surface area contributed by atoms with Crippen molar-refractivity contribution in [2.75, 3.05) is 7.11 Å². The third-order valence-electron chi connectivity index (χ3n) is 7.29. The van der Waals surface area contributed by atoms with E-state index >= 15 is 8.78 Å². The molecule has 0 unspecified atom stereocenters. The average molecular weight is 631 g/mol. The summed E-state index contributed by atoms with van der Waals surface area (Å²) >= 11 is 1.47. The van der Waals surface area contributed by atoms with Crippen molar-refractivity contribution in [3.63, 3.8) is 0 Å². The van der Waals surface area contributed by atoms with E-state index in [1.54, 1.807) is 53.0 Å². The van der Waals surface area contributed by atoms with Gasteiger partial charge < -0.3 is 19.1 Å². The molecule has 0 saturated carbocycles. The summed E-state index contributed by atoms with van der Waals surface area (Å²) in [5, 5.41) is 14.4. The number of thiazole rings is 1. The predicted molar refractivity (Wildman–Crippen MR) is 164 cm³/mol. The van der Waals surface area contributed by atoms with Crippen LogP contribution in [-0.4, -0.2) is 53.6 Å². The second-order valence-corrected chi connectivity index (χ2v) is 11.6. The third kappa shape index (κ3) is 6.44. The lowest BCUT2D eigenvalue weighted by Crippen LogP contribution is -2.17. The number of ether oxygens (including phenoxy) is 2. The standard InChI is InChI=1S/C32H28F2N6O4S/c1-18(43-3)15-40-27-10-19(32(41)42)7-8-26(27)37-29(40)11-20-9-24(34)22(12-23(20)33)25-5-4-6-30(38-25)44-17-31-35-14-28(45-31)21-13-36-39(2)16-21/h4-10,12-14,16,18H,11,15,17H2,1-3H3,(H,41,42)/t18-/m1/s1. The lowest BCUT2D eigenvalue weighted by atomic mass is 10.0. The minimum absolute atomic E-state index is 0.0116. The van der Waals surface area contributed by atoms with Crippen LogP contribution in [0.5, 0.6) is 5.88 Å². The molecule has 0 aliphatic rings. The van der Waals surface area contributed by atoms with E-state index in [4.69, 9.17) is 9.47 Å². The summed E-state index contributed by atoms with van der Waals surface area (Å²) in [6.45, 7) is 2.36. The summed E-state index contributed by atoms with van der Waals surface area (Å²) < 4.78 is 45.8. The first-order chi connectivity index (χ1) is 21.7. The van der Waals surface area contributed by atoms with Crippen LogP contribution in [0.1, 0.15) is 33.7 Å². The van der Waals surface area contributed by atoms with Gasteiger partial charge in [0.05, 0.1) is 46.0 Å². The molecule has 13 heteroatoms. The molecule has 6 aromatic rings. The van der Waals surface area contributed by atoms with Crippen molar-refractivity contribution < 1.29 is 28.2 Å². The number of halogens is 2. The number of fused-ring (bicyclic) bond motifs is 1. The van der Waals surface area contributed by atoms with E-state index in [0.717, 1.165) is 27.6 Å². The first-order valence-corrected chi connectivity index (χ1v) is 14.8. The minimum Gasteiger partial charge on any atom is -0.478 e. The number of nitrogens with zero attached hydrogens (tertiary/aromatic N) is 6. The SMILES string of the molecule is CO[C@H](C)Cn1c(Cc2cc(F)c(-c3cccc(OCc4ncc(-c5cnn(C)c5)s4)n3)cc2F)nc2ccc(C(=O)O)cc21. The Bertz CT molecular complexity index is 2020. The molecular weight excluding hydrogens is 602 g/mol. The number of rotatable bonds is 11. The van der Waals surface area contributed by atoms with Gasteiger partial charge in [-0.1, -0.05) is 6.07 Å². The molecule has 4 heterocycles.